The first-order chi connectivity index (χ1) is 38.1. The molecule has 0 heteroatoms. The van der Waals surface area contributed by atoms with Gasteiger partial charge in [-0.05, 0) is 207 Å². The van der Waals surface area contributed by atoms with Crippen molar-refractivity contribution in [2.45, 2.75) is 118 Å². The molecule has 0 heterocycles. The van der Waals surface area contributed by atoms with Gasteiger partial charge in [0, 0.05) is 5.92 Å². The highest BCUT2D eigenvalue weighted by Crippen LogP contribution is 2.60. The van der Waals surface area contributed by atoms with Gasteiger partial charge in [-0.2, -0.15) is 0 Å². The molecule has 8 aromatic carbocycles. The van der Waals surface area contributed by atoms with Crippen LogP contribution >= 0.6 is 0 Å². The van der Waals surface area contributed by atoms with Crippen LogP contribution < -0.4 is 0 Å². The molecule has 3 aliphatic carbocycles. The molecule has 0 saturated heterocycles. The average Bonchev–Trinajstić information content (AvgIpc) is 4.03. The molecule has 11 rings (SSSR count). The van der Waals surface area contributed by atoms with Crippen LogP contribution in [0.2, 0.25) is 0 Å². The van der Waals surface area contributed by atoms with Gasteiger partial charge in [-0.15, -0.1) is 0 Å². The van der Waals surface area contributed by atoms with Crippen molar-refractivity contribution in [2.75, 3.05) is 0 Å². The van der Waals surface area contributed by atoms with Crippen LogP contribution in [0.15, 0.2) is 224 Å². The number of rotatable bonds is 17. The Kier molecular flexibility index (Phi) is 15.1. The summed E-state index contributed by atoms with van der Waals surface area (Å²) in [5.74, 6) is 1.61. The summed E-state index contributed by atoms with van der Waals surface area (Å²) in [7, 11) is 0. The van der Waals surface area contributed by atoms with Crippen LogP contribution in [-0.4, -0.2) is 0 Å². The molecule has 0 aromatic heterocycles. The number of aryl methyl sites for hydroxylation is 1. The molecule has 0 bridgehead atoms. The van der Waals surface area contributed by atoms with E-state index >= 15 is 0 Å². The van der Waals surface area contributed by atoms with Gasteiger partial charge in [0.15, 0.2) is 0 Å². The summed E-state index contributed by atoms with van der Waals surface area (Å²) in [4.78, 5) is 0. The second-order valence-corrected chi connectivity index (χ2v) is 23.0. The molecule has 0 aliphatic heterocycles. The lowest BCUT2D eigenvalue weighted by molar-refractivity contribution is 0.324. The molecule has 3 aliphatic rings. The second-order valence-electron chi connectivity index (χ2n) is 23.0. The predicted octanol–water partition coefficient (Wildman–Crippen LogP) is 21.6. The summed E-state index contributed by atoms with van der Waals surface area (Å²) in [5, 5.41) is 0. The van der Waals surface area contributed by atoms with E-state index < -0.39 is 5.41 Å². The number of allylic oxidation sites excluding steroid dienone is 9. The van der Waals surface area contributed by atoms with Gasteiger partial charge in [-0.25, -0.2) is 0 Å². The lowest BCUT2D eigenvalue weighted by Crippen LogP contribution is -2.30. The third-order valence-corrected chi connectivity index (χ3v) is 18.7. The van der Waals surface area contributed by atoms with Crippen LogP contribution in [0.1, 0.15) is 178 Å². The number of fused-ring (bicyclic) bond motifs is 6. The Morgan fingerprint density at radius 3 is 1.86 bits per heavy atom. The molecule has 1 fully saturated rings. The van der Waals surface area contributed by atoms with Crippen molar-refractivity contribution in [3.05, 3.63) is 296 Å². The molecular weight excluding hydrogens is 937 g/mol. The van der Waals surface area contributed by atoms with Gasteiger partial charge < -0.3 is 0 Å². The van der Waals surface area contributed by atoms with E-state index in [2.05, 4.69) is 262 Å². The van der Waals surface area contributed by atoms with Crippen LogP contribution in [0.25, 0.3) is 44.6 Å². The zero-order valence-corrected chi connectivity index (χ0v) is 47.6. The zero-order valence-electron chi connectivity index (χ0n) is 47.6. The largest absolute Gasteiger partial charge is 0.0949 e. The summed E-state index contributed by atoms with van der Waals surface area (Å²) in [5.41, 5.74) is 31.3. The third-order valence-electron chi connectivity index (χ3n) is 18.7. The Balaban J connectivity index is 1.04. The highest BCUT2D eigenvalue weighted by atomic mass is 14.5. The normalized spacial score (nSPS) is 17.6. The molecule has 390 valence electrons. The van der Waals surface area contributed by atoms with Crippen molar-refractivity contribution >= 4 is 33.4 Å². The fraction of sp³-hybridized carbons (Fsp3) is 0.256. The quantitative estimate of drug-likeness (QED) is 0.0853. The SMILES string of the molecule is C=C(C/C=C(/c1ccc2c(c1)C(C)=C(c1ccccc1C(CC(C)c1ccccc1C)=C(C)CC)C1CCC21)C(C)/C(C)=C(\CCC)c1ccccc1)c1cccc2c1-c1ccccc1C2(c1ccccc1)c1ccccc1. The molecule has 0 N–H and O–H groups in total. The predicted molar refractivity (Wildman–Crippen MR) is 336 cm³/mol. The Bertz CT molecular complexity index is 3610. The molecule has 78 heavy (non-hydrogen) atoms. The third kappa shape index (κ3) is 9.26. The summed E-state index contributed by atoms with van der Waals surface area (Å²) in [6.07, 6.45) is 9.94. The van der Waals surface area contributed by atoms with Crippen molar-refractivity contribution in [3.8, 4) is 11.1 Å². The Morgan fingerprint density at radius 1 is 0.590 bits per heavy atom. The van der Waals surface area contributed by atoms with Crippen LogP contribution in [0.5, 0.6) is 0 Å². The molecule has 8 aromatic rings. The van der Waals surface area contributed by atoms with Gasteiger partial charge in [0.2, 0.25) is 0 Å². The monoisotopic (exact) mass is 1010 g/mol. The van der Waals surface area contributed by atoms with Crippen molar-refractivity contribution in [2.24, 2.45) is 11.8 Å². The maximum Gasteiger partial charge on any atom is 0.0713 e. The van der Waals surface area contributed by atoms with Crippen molar-refractivity contribution in [1.82, 2.24) is 0 Å². The summed E-state index contributed by atoms with van der Waals surface area (Å²) in [6, 6.07) is 75.6. The van der Waals surface area contributed by atoms with Crippen molar-refractivity contribution in [1.29, 1.82) is 0 Å². The van der Waals surface area contributed by atoms with Gasteiger partial charge in [-0.1, -0.05) is 252 Å². The van der Waals surface area contributed by atoms with Crippen LogP contribution in [0.4, 0.5) is 0 Å². The topological polar surface area (TPSA) is 0 Å². The highest BCUT2D eigenvalue weighted by molar-refractivity contribution is 5.99. The minimum atomic E-state index is -0.463. The van der Waals surface area contributed by atoms with E-state index in [9.17, 15) is 0 Å². The minimum Gasteiger partial charge on any atom is -0.0949 e. The molecule has 4 unspecified atom stereocenters. The van der Waals surface area contributed by atoms with Gasteiger partial charge in [0.05, 0.1) is 5.41 Å². The molecule has 0 radical (unpaired) electrons. The zero-order chi connectivity index (χ0) is 54.1. The average molecular weight is 1020 g/mol. The lowest BCUT2D eigenvalue weighted by Gasteiger charge is -2.45. The van der Waals surface area contributed by atoms with Gasteiger partial charge in [-0.3, -0.25) is 0 Å². The standard InChI is InChI=1S/C78H78/c1-10-28-64(58-30-15-12-16-31-58)55(7)56(8)65(45-43-53(5)63-40-27-42-75-77(63)71-39-25-26-41-74(71)78(75,60-32-17-13-18-33-60)61-34-19-14-20-35-61)59-44-46-68-67-47-48-70(67)76(57(9)73(68)50-59)69-38-24-23-37-66(69)72(51(3)11-2)49-54(6)62-36-22-21-29-52(62)4/h12-27,29-42,44-46,50,54,56,67,70H,5,10-11,28,43,47-49H2,1-4,6-9H3/b64-55+,65-45+,72-51?. The Labute approximate surface area is 467 Å². The van der Waals surface area contributed by atoms with Crippen LogP contribution in [-0.2, 0) is 5.41 Å². The van der Waals surface area contributed by atoms with E-state index in [0.29, 0.717) is 17.8 Å². The van der Waals surface area contributed by atoms with Crippen molar-refractivity contribution < 1.29 is 0 Å². The van der Waals surface area contributed by atoms with E-state index in [1.807, 2.05) is 0 Å². The van der Waals surface area contributed by atoms with E-state index in [0.717, 1.165) is 37.7 Å². The Hall–Kier alpha value is -7.54. The number of hydrogen-bond acceptors (Lipinski definition) is 0. The Morgan fingerprint density at radius 2 is 1.19 bits per heavy atom. The molecule has 4 atom stereocenters. The highest BCUT2D eigenvalue weighted by Gasteiger charge is 2.47. The summed E-state index contributed by atoms with van der Waals surface area (Å²) in [6.45, 7) is 24.0. The van der Waals surface area contributed by atoms with E-state index in [4.69, 9.17) is 6.58 Å². The summed E-state index contributed by atoms with van der Waals surface area (Å²) < 4.78 is 0. The van der Waals surface area contributed by atoms with E-state index in [1.54, 1.807) is 5.57 Å². The fourth-order valence-electron chi connectivity index (χ4n) is 14.3. The van der Waals surface area contributed by atoms with Gasteiger partial charge >= 0.3 is 0 Å². The second kappa shape index (κ2) is 22.4. The fourth-order valence-corrected chi connectivity index (χ4v) is 14.3. The van der Waals surface area contributed by atoms with E-state index in [-0.39, 0.29) is 5.92 Å². The molecular formula is C78H78. The maximum absolute atomic E-state index is 5.01. The van der Waals surface area contributed by atoms with Crippen molar-refractivity contribution in [3.63, 3.8) is 0 Å². The first-order valence-electron chi connectivity index (χ1n) is 29.2. The first-order valence-corrected chi connectivity index (χ1v) is 29.2. The molecule has 0 amide bonds. The molecule has 1 saturated carbocycles. The van der Waals surface area contributed by atoms with Gasteiger partial charge in [0.1, 0.15) is 0 Å². The van der Waals surface area contributed by atoms with Crippen LogP contribution in [0.3, 0.4) is 0 Å². The smallest absolute Gasteiger partial charge is 0.0713 e. The first kappa shape index (κ1) is 52.5. The van der Waals surface area contributed by atoms with E-state index in [1.165, 1.54) is 130 Å². The van der Waals surface area contributed by atoms with Gasteiger partial charge in [0.25, 0.3) is 0 Å². The number of hydrogen-bond donors (Lipinski definition) is 0. The molecule has 0 spiro atoms. The minimum absolute atomic E-state index is 0.160. The molecule has 0 nitrogen and oxygen atoms in total. The number of benzene rings is 8. The lowest BCUT2D eigenvalue weighted by atomic mass is 9.59. The summed E-state index contributed by atoms with van der Waals surface area (Å²) >= 11 is 0. The van der Waals surface area contributed by atoms with Crippen LogP contribution in [0, 0.1) is 18.8 Å². The maximum atomic E-state index is 5.01.